The number of hydrogen-bond acceptors (Lipinski definition) is 6. The number of esters is 2. The first-order valence-corrected chi connectivity index (χ1v) is 11.6. The van der Waals surface area contributed by atoms with Gasteiger partial charge in [0, 0.05) is 6.42 Å². The van der Waals surface area contributed by atoms with E-state index in [0.29, 0.717) is 48.9 Å². The maximum absolute atomic E-state index is 12.5. The third-order valence-corrected chi connectivity index (χ3v) is 5.22. The maximum Gasteiger partial charge on any atom is 0.343 e. The molecule has 36 heavy (non-hydrogen) atoms. The number of para-hydroxylation sites is 1. The summed E-state index contributed by atoms with van der Waals surface area (Å²) >= 11 is 0. The normalized spacial score (nSPS) is 10.3. The molecule has 0 heterocycles. The summed E-state index contributed by atoms with van der Waals surface area (Å²) in [4.78, 5) is 24.7. The Morgan fingerprint density at radius 2 is 1.00 bits per heavy atom. The lowest BCUT2D eigenvalue weighted by Crippen LogP contribution is -2.11. The van der Waals surface area contributed by atoms with Crippen molar-refractivity contribution in [1.29, 1.82) is 0 Å². The number of rotatable bonds is 11. The van der Waals surface area contributed by atoms with Gasteiger partial charge in [0.15, 0.2) is 0 Å². The molecule has 0 radical (unpaired) electrons. The van der Waals surface area contributed by atoms with Crippen LogP contribution in [0.4, 0.5) is 0 Å². The highest BCUT2D eigenvalue weighted by Crippen LogP contribution is 2.17. The summed E-state index contributed by atoms with van der Waals surface area (Å²) in [6, 6.07) is 32.3. The van der Waals surface area contributed by atoms with Crippen LogP contribution in [0.2, 0.25) is 0 Å². The van der Waals surface area contributed by atoms with Crippen molar-refractivity contribution in [3.05, 3.63) is 126 Å². The van der Waals surface area contributed by atoms with Gasteiger partial charge in [-0.2, -0.15) is 0 Å². The summed E-state index contributed by atoms with van der Waals surface area (Å²) in [5, 5.41) is 0. The molecule has 0 N–H and O–H groups in total. The molecular formula is C30H26O6. The fraction of sp³-hybridized carbons (Fsp3) is 0.133. The van der Waals surface area contributed by atoms with E-state index in [4.69, 9.17) is 18.9 Å². The van der Waals surface area contributed by atoms with Crippen LogP contribution >= 0.6 is 0 Å². The van der Waals surface area contributed by atoms with Gasteiger partial charge >= 0.3 is 11.9 Å². The highest BCUT2D eigenvalue weighted by Gasteiger charge is 2.11. The van der Waals surface area contributed by atoms with E-state index in [1.807, 2.05) is 60.7 Å². The molecule has 0 aliphatic carbocycles. The molecule has 0 spiro atoms. The summed E-state index contributed by atoms with van der Waals surface area (Å²) in [5.74, 6) is 0.811. The first-order valence-electron chi connectivity index (χ1n) is 11.6. The summed E-state index contributed by atoms with van der Waals surface area (Å²) in [5.41, 5.74) is 1.87. The molecule has 0 saturated heterocycles. The van der Waals surface area contributed by atoms with Gasteiger partial charge in [0.2, 0.25) is 0 Å². The lowest BCUT2D eigenvalue weighted by atomic mass is 10.2. The quantitative estimate of drug-likeness (QED) is 0.154. The standard InChI is InChI=1S/C30H26O6/c31-29(35-20-19-23-7-3-1-4-8-23)24-13-17-28(18-14-24)36-30(32)25-11-15-27(16-12-25)34-22-21-33-26-9-5-2-6-10-26/h1-18H,19-22H2. The van der Waals surface area contributed by atoms with E-state index in [1.54, 1.807) is 48.5 Å². The van der Waals surface area contributed by atoms with Crippen molar-refractivity contribution in [2.24, 2.45) is 0 Å². The van der Waals surface area contributed by atoms with E-state index in [9.17, 15) is 9.59 Å². The molecule has 0 aliphatic rings. The molecule has 4 rings (SSSR count). The topological polar surface area (TPSA) is 71.1 Å². The Bertz CT molecular complexity index is 1240. The monoisotopic (exact) mass is 482 g/mol. The Morgan fingerprint density at radius 1 is 0.500 bits per heavy atom. The predicted octanol–water partition coefficient (Wildman–Crippen LogP) is 5.76. The summed E-state index contributed by atoms with van der Waals surface area (Å²) < 4.78 is 22.0. The molecule has 6 heteroatoms. The lowest BCUT2D eigenvalue weighted by molar-refractivity contribution is 0.0509. The van der Waals surface area contributed by atoms with Crippen LogP contribution in [0.5, 0.6) is 17.2 Å². The fourth-order valence-corrected chi connectivity index (χ4v) is 3.34. The molecule has 0 atom stereocenters. The Balaban J connectivity index is 1.20. The SMILES string of the molecule is O=C(OCCc1ccccc1)c1ccc(OC(=O)c2ccc(OCCOc3ccccc3)cc2)cc1. The van der Waals surface area contributed by atoms with Crippen LogP contribution in [0.1, 0.15) is 26.3 Å². The number of hydrogen-bond donors (Lipinski definition) is 0. The molecular weight excluding hydrogens is 456 g/mol. The third-order valence-electron chi connectivity index (χ3n) is 5.22. The van der Waals surface area contributed by atoms with Gasteiger partial charge in [-0.3, -0.25) is 0 Å². The fourth-order valence-electron chi connectivity index (χ4n) is 3.34. The van der Waals surface area contributed by atoms with Crippen LogP contribution in [-0.2, 0) is 11.2 Å². The van der Waals surface area contributed by atoms with Crippen molar-refractivity contribution < 1.29 is 28.5 Å². The van der Waals surface area contributed by atoms with Gasteiger partial charge in [0.25, 0.3) is 0 Å². The minimum absolute atomic E-state index is 0.291. The molecule has 0 saturated carbocycles. The summed E-state index contributed by atoms with van der Waals surface area (Å²) in [6.45, 7) is 1.07. The van der Waals surface area contributed by atoms with Crippen LogP contribution in [0.3, 0.4) is 0 Å². The second-order valence-corrected chi connectivity index (χ2v) is 7.82. The molecule has 4 aromatic rings. The van der Waals surface area contributed by atoms with E-state index in [1.165, 1.54) is 0 Å². The van der Waals surface area contributed by atoms with Crippen molar-refractivity contribution in [3.8, 4) is 17.2 Å². The molecule has 182 valence electrons. The van der Waals surface area contributed by atoms with Gasteiger partial charge in [-0.1, -0.05) is 48.5 Å². The van der Waals surface area contributed by atoms with Gasteiger partial charge in [-0.05, 0) is 66.2 Å². The number of carbonyl (C=O) groups is 2. The Morgan fingerprint density at radius 3 is 1.61 bits per heavy atom. The first kappa shape index (κ1) is 24.5. The zero-order valence-electron chi connectivity index (χ0n) is 19.7. The molecule has 0 unspecified atom stereocenters. The summed E-state index contributed by atoms with van der Waals surface area (Å²) in [7, 11) is 0. The van der Waals surface area contributed by atoms with Gasteiger partial charge in [-0.15, -0.1) is 0 Å². The maximum atomic E-state index is 12.5. The molecule has 0 fully saturated rings. The zero-order valence-corrected chi connectivity index (χ0v) is 19.7. The van der Waals surface area contributed by atoms with E-state index in [-0.39, 0.29) is 0 Å². The van der Waals surface area contributed by atoms with E-state index < -0.39 is 11.9 Å². The first-order chi connectivity index (χ1) is 17.7. The van der Waals surface area contributed by atoms with Crippen LogP contribution in [0.25, 0.3) is 0 Å². The Labute approximate surface area is 210 Å². The molecule has 6 nitrogen and oxygen atoms in total. The summed E-state index contributed by atoms with van der Waals surface area (Å²) in [6.07, 6.45) is 0.646. The van der Waals surface area contributed by atoms with Crippen molar-refractivity contribution in [3.63, 3.8) is 0 Å². The van der Waals surface area contributed by atoms with Crippen LogP contribution in [0, 0.1) is 0 Å². The minimum Gasteiger partial charge on any atom is -0.490 e. The Hall–Kier alpha value is -4.58. The molecule has 4 aromatic carbocycles. The lowest BCUT2D eigenvalue weighted by Gasteiger charge is -2.09. The second-order valence-electron chi connectivity index (χ2n) is 7.82. The average molecular weight is 483 g/mol. The Kier molecular flexibility index (Phi) is 8.70. The molecule has 0 bridgehead atoms. The number of benzene rings is 4. The largest absolute Gasteiger partial charge is 0.490 e. The van der Waals surface area contributed by atoms with Gasteiger partial charge in [-0.25, -0.2) is 9.59 Å². The smallest absolute Gasteiger partial charge is 0.343 e. The highest BCUT2D eigenvalue weighted by atomic mass is 16.5. The molecule has 0 amide bonds. The van der Waals surface area contributed by atoms with Crippen molar-refractivity contribution in [1.82, 2.24) is 0 Å². The van der Waals surface area contributed by atoms with Crippen molar-refractivity contribution in [2.45, 2.75) is 6.42 Å². The van der Waals surface area contributed by atoms with Gasteiger partial charge in [0.1, 0.15) is 30.5 Å². The van der Waals surface area contributed by atoms with E-state index >= 15 is 0 Å². The average Bonchev–Trinajstić information content (AvgIpc) is 2.93. The predicted molar refractivity (Wildman–Crippen MR) is 136 cm³/mol. The molecule has 0 aliphatic heterocycles. The zero-order chi connectivity index (χ0) is 25.0. The molecule has 0 aromatic heterocycles. The highest BCUT2D eigenvalue weighted by molar-refractivity contribution is 5.92. The number of ether oxygens (including phenoxy) is 4. The van der Waals surface area contributed by atoms with Crippen LogP contribution in [-0.4, -0.2) is 31.8 Å². The van der Waals surface area contributed by atoms with Crippen molar-refractivity contribution >= 4 is 11.9 Å². The van der Waals surface area contributed by atoms with E-state index in [0.717, 1.165) is 11.3 Å². The number of carbonyl (C=O) groups excluding carboxylic acids is 2. The van der Waals surface area contributed by atoms with Gasteiger partial charge in [0.05, 0.1) is 17.7 Å². The van der Waals surface area contributed by atoms with Crippen LogP contribution in [0.15, 0.2) is 109 Å². The van der Waals surface area contributed by atoms with Crippen LogP contribution < -0.4 is 14.2 Å². The minimum atomic E-state index is -0.507. The second kappa shape index (κ2) is 12.8. The van der Waals surface area contributed by atoms with Crippen molar-refractivity contribution in [2.75, 3.05) is 19.8 Å². The third kappa shape index (κ3) is 7.46. The van der Waals surface area contributed by atoms with E-state index in [2.05, 4.69) is 0 Å². The van der Waals surface area contributed by atoms with Gasteiger partial charge < -0.3 is 18.9 Å².